The van der Waals surface area contributed by atoms with Gasteiger partial charge in [0.1, 0.15) is 0 Å². The Morgan fingerprint density at radius 3 is 2.92 bits per heavy atom. The third kappa shape index (κ3) is 1.97. The predicted molar refractivity (Wildman–Crippen MR) is 47.1 cm³/mol. The fraction of sp³-hybridized carbons (Fsp3) is 1.00. The molecular formula is C9H17N2O. The van der Waals surface area contributed by atoms with E-state index in [1.165, 1.54) is 0 Å². The van der Waals surface area contributed by atoms with Gasteiger partial charge in [0.15, 0.2) is 0 Å². The second kappa shape index (κ2) is 2.98. The SMILES string of the molecule is CC1CN(CC2(O)CC2)CC[N]1. The summed E-state index contributed by atoms with van der Waals surface area (Å²) in [7, 11) is 0. The van der Waals surface area contributed by atoms with Crippen LogP contribution in [0.25, 0.3) is 0 Å². The minimum Gasteiger partial charge on any atom is -0.389 e. The molecule has 0 bridgehead atoms. The molecule has 0 aromatic carbocycles. The Labute approximate surface area is 73.8 Å². The van der Waals surface area contributed by atoms with E-state index in [-0.39, 0.29) is 5.60 Å². The van der Waals surface area contributed by atoms with Crippen molar-refractivity contribution in [2.75, 3.05) is 26.2 Å². The van der Waals surface area contributed by atoms with Crippen LogP contribution in [0, 0.1) is 0 Å². The molecule has 3 heteroatoms. The van der Waals surface area contributed by atoms with Gasteiger partial charge in [0.2, 0.25) is 0 Å². The molecule has 0 amide bonds. The first-order valence-corrected chi connectivity index (χ1v) is 4.79. The molecule has 12 heavy (non-hydrogen) atoms. The Morgan fingerprint density at radius 1 is 1.58 bits per heavy atom. The van der Waals surface area contributed by atoms with E-state index < -0.39 is 0 Å². The van der Waals surface area contributed by atoms with Crippen LogP contribution in [-0.4, -0.2) is 47.8 Å². The minimum absolute atomic E-state index is 0.322. The second-order valence-corrected chi connectivity index (χ2v) is 4.21. The molecule has 1 N–H and O–H groups in total. The number of hydrogen-bond donors (Lipinski definition) is 1. The van der Waals surface area contributed by atoms with Crippen LogP contribution >= 0.6 is 0 Å². The Morgan fingerprint density at radius 2 is 2.33 bits per heavy atom. The zero-order valence-corrected chi connectivity index (χ0v) is 7.66. The van der Waals surface area contributed by atoms with Gasteiger partial charge >= 0.3 is 0 Å². The van der Waals surface area contributed by atoms with Crippen LogP contribution in [0.5, 0.6) is 0 Å². The van der Waals surface area contributed by atoms with Gasteiger partial charge in [-0.2, -0.15) is 0 Å². The average Bonchev–Trinajstić information content (AvgIpc) is 2.67. The highest BCUT2D eigenvalue weighted by Crippen LogP contribution is 2.35. The monoisotopic (exact) mass is 169 g/mol. The van der Waals surface area contributed by atoms with E-state index in [0.29, 0.717) is 6.04 Å². The van der Waals surface area contributed by atoms with E-state index in [9.17, 15) is 5.11 Å². The van der Waals surface area contributed by atoms with Crippen molar-refractivity contribution in [2.45, 2.75) is 31.4 Å². The molecular weight excluding hydrogens is 152 g/mol. The Bertz CT molecular complexity index is 168. The third-order valence-electron chi connectivity index (χ3n) is 2.72. The Hall–Kier alpha value is -0.120. The lowest BCUT2D eigenvalue weighted by atomic mass is 10.2. The molecule has 1 heterocycles. The molecule has 69 valence electrons. The topological polar surface area (TPSA) is 37.6 Å². The summed E-state index contributed by atoms with van der Waals surface area (Å²) in [6.45, 7) is 6.02. The van der Waals surface area contributed by atoms with Crippen molar-refractivity contribution in [3.63, 3.8) is 0 Å². The summed E-state index contributed by atoms with van der Waals surface area (Å²) in [5.74, 6) is 0. The van der Waals surface area contributed by atoms with E-state index in [4.69, 9.17) is 0 Å². The van der Waals surface area contributed by atoms with Crippen LogP contribution in [0.1, 0.15) is 19.8 Å². The van der Waals surface area contributed by atoms with Gasteiger partial charge in [-0.1, -0.05) is 0 Å². The number of β-amino-alcohol motifs (C(OH)–C–C–N with tert-alkyl or cyclic N) is 1. The number of nitrogens with zero attached hydrogens (tertiary/aromatic N) is 2. The summed E-state index contributed by atoms with van der Waals surface area (Å²) in [6, 6.07) is 0.459. The number of aliphatic hydroxyl groups is 1. The molecule has 2 rings (SSSR count). The molecule has 0 spiro atoms. The molecule has 1 atom stereocenters. The van der Waals surface area contributed by atoms with Gasteiger partial charge in [-0.05, 0) is 19.8 Å². The number of rotatable bonds is 2. The van der Waals surface area contributed by atoms with Crippen molar-refractivity contribution >= 4 is 0 Å². The van der Waals surface area contributed by atoms with Gasteiger partial charge in [-0.15, -0.1) is 0 Å². The second-order valence-electron chi connectivity index (χ2n) is 4.21. The van der Waals surface area contributed by atoms with Gasteiger partial charge in [0.25, 0.3) is 0 Å². The first-order chi connectivity index (χ1) is 5.68. The first-order valence-electron chi connectivity index (χ1n) is 4.79. The standard InChI is InChI=1S/C9H17N2O/c1-8-6-11(5-4-10-8)7-9(12)2-3-9/h8,12H,2-7H2,1H3. The quantitative estimate of drug-likeness (QED) is 0.622. The highest BCUT2D eigenvalue weighted by molar-refractivity contribution is 4.96. The fourth-order valence-electron chi connectivity index (χ4n) is 1.80. The highest BCUT2D eigenvalue weighted by Gasteiger charge is 2.42. The third-order valence-corrected chi connectivity index (χ3v) is 2.72. The molecule has 1 saturated carbocycles. The number of piperazine rings is 1. The summed E-state index contributed by atoms with van der Waals surface area (Å²) in [4.78, 5) is 2.34. The summed E-state index contributed by atoms with van der Waals surface area (Å²) in [5, 5.41) is 14.1. The summed E-state index contributed by atoms with van der Waals surface area (Å²) in [6.07, 6.45) is 1.99. The van der Waals surface area contributed by atoms with Crippen molar-refractivity contribution in [3.05, 3.63) is 0 Å². The van der Waals surface area contributed by atoms with Gasteiger partial charge in [-0.3, -0.25) is 4.90 Å². The van der Waals surface area contributed by atoms with Crippen molar-refractivity contribution in [1.82, 2.24) is 10.2 Å². The van der Waals surface area contributed by atoms with Crippen molar-refractivity contribution < 1.29 is 5.11 Å². The maximum Gasteiger partial charge on any atom is 0.0776 e. The molecule has 1 radical (unpaired) electrons. The first kappa shape index (κ1) is 8.48. The highest BCUT2D eigenvalue weighted by atomic mass is 16.3. The molecule has 0 aromatic heterocycles. The minimum atomic E-state index is -0.322. The molecule has 1 aliphatic heterocycles. The molecule has 2 aliphatic rings. The predicted octanol–water partition coefficient (Wildman–Crippen LogP) is -0.180. The fourth-order valence-corrected chi connectivity index (χ4v) is 1.80. The van der Waals surface area contributed by atoms with Crippen LogP contribution in [-0.2, 0) is 0 Å². The largest absolute Gasteiger partial charge is 0.389 e. The smallest absolute Gasteiger partial charge is 0.0776 e. The molecule has 1 aliphatic carbocycles. The van der Waals surface area contributed by atoms with Gasteiger partial charge < -0.3 is 5.11 Å². The molecule has 3 nitrogen and oxygen atoms in total. The lowest BCUT2D eigenvalue weighted by Gasteiger charge is -2.32. The zero-order chi connectivity index (χ0) is 8.60. The maximum absolute atomic E-state index is 9.69. The van der Waals surface area contributed by atoms with Crippen LogP contribution in [0.15, 0.2) is 0 Å². The van der Waals surface area contributed by atoms with E-state index in [1.807, 2.05) is 0 Å². The summed E-state index contributed by atoms with van der Waals surface area (Å²) in [5.41, 5.74) is -0.322. The van der Waals surface area contributed by atoms with E-state index in [1.54, 1.807) is 0 Å². The average molecular weight is 169 g/mol. The van der Waals surface area contributed by atoms with Gasteiger partial charge in [-0.25, -0.2) is 5.32 Å². The van der Waals surface area contributed by atoms with Crippen molar-refractivity contribution in [1.29, 1.82) is 0 Å². The van der Waals surface area contributed by atoms with Gasteiger partial charge in [0.05, 0.1) is 5.60 Å². The lowest BCUT2D eigenvalue weighted by Crippen LogP contribution is -2.48. The lowest BCUT2D eigenvalue weighted by molar-refractivity contribution is 0.0772. The molecule has 2 fully saturated rings. The molecule has 1 unspecified atom stereocenters. The maximum atomic E-state index is 9.69. The van der Waals surface area contributed by atoms with E-state index >= 15 is 0 Å². The molecule has 1 saturated heterocycles. The van der Waals surface area contributed by atoms with E-state index in [2.05, 4.69) is 17.1 Å². The number of hydrogen-bond acceptors (Lipinski definition) is 2. The normalized spacial score (nSPS) is 35.0. The Kier molecular flexibility index (Phi) is 2.10. The van der Waals surface area contributed by atoms with Crippen LogP contribution < -0.4 is 5.32 Å². The summed E-state index contributed by atoms with van der Waals surface area (Å²) >= 11 is 0. The van der Waals surface area contributed by atoms with Crippen molar-refractivity contribution in [2.24, 2.45) is 0 Å². The molecule has 0 aromatic rings. The van der Waals surface area contributed by atoms with Crippen LogP contribution in [0.4, 0.5) is 0 Å². The van der Waals surface area contributed by atoms with E-state index in [0.717, 1.165) is 39.0 Å². The van der Waals surface area contributed by atoms with Crippen LogP contribution in [0.3, 0.4) is 0 Å². The zero-order valence-electron chi connectivity index (χ0n) is 7.66. The van der Waals surface area contributed by atoms with Crippen molar-refractivity contribution in [3.8, 4) is 0 Å². The summed E-state index contributed by atoms with van der Waals surface area (Å²) < 4.78 is 0. The Balaban J connectivity index is 1.79. The van der Waals surface area contributed by atoms with Gasteiger partial charge in [0, 0.05) is 32.2 Å². The van der Waals surface area contributed by atoms with Crippen LogP contribution in [0.2, 0.25) is 0 Å².